The average molecular weight is 175 g/mol. The van der Waals surface area contributed by atoms with E-state index in [1.807, 2.05) is 6.07 Å². The van der Waals surface area contributed by atoms with Crippen LogP contribution >= 0.6 is 0 Å². The number of nitrogens with two attached hydrogens (primary N) is 1. The molecule has 0 radical (unpaired) electrons. The summed E-state index contributed by atoms with van der Waals surface area (Å²) in [6.07, 6.45) is 5.03. The molecule has 2 aromatic heterocycles. The van der Waals surface area contributed by atoms with E-state index in [2.05, 4.69) is 20.4 Å². The molecule has 2 heterocycles. The van der Waals surface area contributed by atoms with Gasteiger partial charge in [-0.1, -0.05) is 0 Å². The summed E-state index contributed by atoms with van der Waals surface area (Å²) in [5, 5.41) is 14.3. The molecule has 0 unspecified atom stereocenters. The standard InChI is InChI=1S/C8H9N5/c9-3-6-4-11-12-5-7(6)8-1-2-10-13-8/h1-2,4-5H,3,9H2,(H,10,13). The van der Waals surface area contributed by atoms with Crippen LogP contribution in [0.15, 0.2) is 24.7 Å². The number of H-pyrrole nitrogens is 1. The maximum absolute atomic E-state index is 5.55. The molecule has 5 heteroatoms. The fraction of sp³-hybridized carbons (Fsp3) is 0.125. The second kappa shape index (κ2) is 3.32. The van der Waals surface area contributed by atoms with Crippen molar-refractivity contribution in [2.75, 3.05) is 0 Å². The van der Waals surface area contributed by atoms with Crippen molar-refractivity contribution in [2.24, 2.45) is 5.73 Å². The summed E-state index contributed by atoms with van der Waals surface area (Å²) in [5.41, 5.74) is 8.38. The molecule has 0 bridgehead atoms. The summed E-state index contributed by atoms with van der Waals surface area (Å²) in [6.45, 7) is 0.448. The Morgan fingerprint density at radius 1 is 1.31 bits per heavy atom. The number of hydrogen-bond donors (Lipinski definition) is 2. The van der Waals surface area contributed by atoms with E-state index in [1.165, 1.54) is 0 Å². The molecule has 0 spiro atoms. The number of hydrogen-bond acceptors (Lipinski definition) is 4. The van der Waals surface area contributed by atoms with Crippen molar-refractivity contribution in [1.82, 2.24) is 20.4 Å². The van der Waals surface area contributed by atoms with Gasteiger partial charge in [-0.2, -0.15) is 15.3 Å². The van der Waals surface area contributed by atoms with Crippen LogP contribution in [0.5, 0.6) is 0 Å². The lowest BCUT2D eigenvalue weighted by atomic mass is 10.1. The van der Waals surface area contributed by atoms with Gasteiger partial charge in [0.25, 0.3) is 0 Å². The molecule has 0 saturated heterocycles. The van der Waals surface area contributed by atoms with Crippen molar-refractivity contribution in [1.29, 1.82) is 0 Å². The van der Waals surface area contributed by atoms with Gasteiger partial charge in [0.15, 0.2) is 0 Å². The Morgan fingerprint density at radius 2 is 2.15 bits per heavy atom. The molecule has 0 aliphatic carbocycles. The van der Waals surface area contributed by atoms with Crippen LogP contribution in [0, 0.1) is 0 Å². The van der Waals surface area contributed by atoms with Gasteiger partial charge in [0.2, 0.25) is 0 Å². The van der Waals surface area contributed by atoms with Crippen LogP contribution in [-0.2, 0) is 6.54 Å². The Kier molecular flexibility index (Phi) is 2.01. The Hall–Kier alpha value is -1.75. The summed E-state index contributed by atoms with van der Waals surface area (Å²) in [7, 11) is 0. The zero-order valence-corrected chi connectivity index (χ0v) is 6.94. The average Bonchev–Trinajstić information content (AvgIpc) is 2.70. The summed E-state index contributed by atoms with van der Waals surface area (Å²) < 4.78 is 0. The van der Waals surface area contributed by atoms with Crippen molar-refractivity contribution in [3.05, 3.63) is 30.2 Å². The number of rotatable bonds is 2. The Bertz CT molecular complexity index is 381. The van der Waals surface area contributed by atoms with Crippen LogP contribution in [0.25, 0.3) is 11.3 Å². The van der Waals surface area contributed by atoms with Gasteiger partial charge in [-0.05, 0) is 11.6 Å². The minimum atomic E-state index is 0.448. The third-order valence-corrected chi connectivity index (χ3v) is 1.82. The fourth-order valence-electron chi connectivity index (χ4n) is 1.16. The van der Waals surface area contributed by atoms with Crippen molar-refractivity contribution < 1.29 is 0 Å². The molecule has 0 aliphatic heterocycles. The number of aromatic nitrogens is 4. The van der Waals surface area contributed by atoms with Crippen LogP contribution in [0.3, 0.4) is 0 Å². The highest BCUT2D eigenvalue weighted by molar-refractivity contribution is 5.61. The van der Waals surface area contributed by atoms with Gasteiger partial charge < -0.3 is 5.73 Å². The highest BCUT2D eigenvalue weighted by Crippen LogP contribution is 2.18. The van der Waals surface area contributed by atoms with E-state index in [1.54, 1.807) is 18.6 Å². The Balaban J connectivity index is 2.51. The molecular formula is C8H9N5. The quantitative estimate of drug-likeness (QED) is 0.689. The summed E-state index contributed by atoms with van der Waals surface area (Å²) in [5.74, 6) is 0. The molecular weight excluding hydrogens is 166 g/mol. The Labute approximate surface area is 75.0 Å². The number of aromatic amines is 1. The van der Waals surface area contributed by atoms with Crippen LogP contribution in [0.4, 0.5) is 0 Å². The van der Waals surface area contributed by atoms with Crippen LogP contribution in [0.1, 0.15) is 5.56 Å². The van der Waals surface area contributed by atoms with E-state index in [0.717, 1.165) is 16.8 Å². The van der Waals surface area contributed by atoms with Crippen molar-refractivity contribution in [3.63, 3.8) is 0 Å². The molecule has 2 rings (SSSR count). The molecule has 0 fully saturated rings. The summed E-state index contributed by atoms with van der Waals surface area (Å²) in [6, 6.07) is 1.87. The van der Waals surface area contributed by atoms with Crippen LogP contribution < -0.4 is 5.73 Å². The van der Waals surface area contributed by atoms with Gasteiger partial charge in [-0.3, -0.25) is 5.10 Å². The minimum Gasteiger partial charge on any atom is -0.326 e. The van der Waals surface area contributed by atoms with Gasteiger partial charge >= 0.3 is 0 Å². The van der Waals surface area contributed by atoms with E-state index in [-0.39, 0.29) is 0 Å². The molecule has 13 heavy (non-hydrogen) atoms. The smallest absolute Gasteiger partial charge is 0.0670 e. The summed E-state index contributed by atoms with van der Waals surface area (Å²) in [4.78, 5) is 0. The number of nitrogens with one attached hydrogen (secondary N) is 1. The first-order valence-electron chi connectivity index (χ1n) is 3.91. The van der Waals surface area contributed by atoms with E-state index in [9.17, 15) is 0 Å². The molecule has 0 amide bonds. The first kappa shape index (κ1) is 7.88. The SMILES string of the molecule is NCc1cnncc1-c1ccn[nH]1. The van der Waals surface area contributed by atoms with Crippen molar-refractivity contribution in [2.45, 2.75) is 6.54 Å². The predicted molar refractivity (Wildman–Crippen MR) is 47.5 cm³/mol. The van der Waals surface area contributed by atoms with Gasteiger partial charge in [0.1, 0.15) is 0 Å². The van der Waals surface area contributed by atoms with E-state index >= 15 is 0 Å². The van der Waals surface area contributed by atoms with Gasteiger partial charge in [-0.15, -0.1) is 0 Å². The molecule has 3 N–H and O–H groups in total. The Morgan fingerprint density at radius 3 is 2.85 bits per heavy atom. The lowest BCUT2D eigenvalue weighted by Crippen LogP contribution is -2.00. The monoisotopic (exact) mass is 175 g/mol. The molecule has 0 atom stereocenters. The molecule has 0 saturated carbocycles. The first-order chi connectivity index (χ1) is 6.42. The van der Waals surface area contributed by atoms with Crippen LogP contribution in [0.2, 0.25) is 0 Å². The normalized spacial score (nSPS) is 10.2. The highest BCUT2D eigenvalue weighted by Gasteiger charge is 2.04. The predicted octanol–water partition coefficient (Wildman–Crippen LogP) is 0.325. The van der Waals surface area contributed by atoms with Crippen molar-refractivity contribution >= 4 is 0 Å². The van der Waals surface area contributed by atoms with Gasteiger partial charge in [-0.25, -0.2) is 0 Å². The molecule has 5 nitrogen and oxygen atoms in total. The van der Waals surface area contributed by atoms with E-state index in [0.29, 0.717) is 6.54 Å². The third kappa shape index (κ3) is 1.41. The molecule has 2 aromatic rings. The second-order valence-corrected chi connectivity index (χ2v) is 2.60. The topological polar surface area (TPSA) is 80.5 Å². The minimum absolute atomic E-state index is 0.448. The lowest BCUT2D eigenvalue weighted by molar-refractivity contribution is 0.964. The third-order valence-electron chi connectivity index (χ3n) is 1.82. The molecule has 66 valence electrons. The summed E-state index contributed by atoms with van der Waals surface area (Å²) >= 11 is 0. The van der Waals surface area contributed by atoms with E-state index < -0.39 is 0 Å². The second-order valence-electron chi connectivity index (χ2n) is 2.60. The van der Waals surface area contributed by atoms with E-state index in [4.69, 9.17) is 5.73 Å². The zero-order valence-electron chi connectivity index (χ0n) is 6.94. The maximum Gasteiger partial charge on any atom is 0.0670 e. The number of nitrogens with zero attached hydrogens (tertiary/aromatic N) is 3. The zero-order chi connectivity index (χ0) is 9.10. The van der Waals surface area contributed by atoms with Crippen molar-refractivity contribution in [3.8, 4) is 11.3 Å². The van der Waals surface area contributed by atoms with Gasteiger partial charge in [0.05, 0.1) is 18.1 Å². The first-order valence-corrected chi connectivity index (χ1v) is 3.91. The highest BCUT2D eigenvalue weighted by atomic mass is 15.1. The lowest BCUT2D eigenvalue weighted by Gasteiger charge is -2.01. The largest absolute Gasteiger partial charge is 0.326 e. The fourth-order valence-corrected chi connectivity index (χ4v) is 1.16. The molecule has 0 aromatic carbocycles. The maximum atomic E-state index is 5.55. The van der Waals surface area contributed by atoms with Gasteiger partial charge in [0, 0.05) is 18.3 Å². The molecule has 0 aliphatic rings. The van der Waals surface area contributed by atoms with Crippen LogP contribution in [-0.4, -0.2) is 20.4 Å².